The SMILES string of the molecule is C=CC(=O)N1[C@H](C)CN(c2c(C#N)c(=O)n(-c3c(C)ccnc3C(C)C)c3nc(-c4c(N)c(F)c(Cl)c(F)c4Cl)c(Cl)cc23)C[C@@H]1C.C=CC(=O)N1[C@H](C)CN(c2c(C#N)c(=O)n(-c3c(C)ccnc3C(C)C)c3nc(-c4c(N)c(F)c(Cl)c(F)c4F)c(Cl)cc23)C[C@@H]1C.C=CC(=O)N1[C@H](C)CN(c2c(C#N)c(=O)n(-c3c(C)ccnc3C(C)C)c3nc(-c4c(N)c(F)c(Cl)c(F)c4F)c(Cl)cc23)C[C@@H]1C. The smallest absolute Gasteiger partial charge is 0.276 e. The lowest BCUT2D eigenvalue weighted by Crippen LogP contribution is -2.58. The number of carbonyl (C=O) groups is 3. The summed E-state index contributed by atoms with van der Waals surface area (Å²) >= 11 is 43.6. The van der Waals surface area contributed by atoms with Crippen molar-refractivity contribution in [3.05, 3.63) is 256 Å². The number of benzene rings is 3. The fourth-order valence-electron chi connectivity index (χ4n) is 18.9. The van der Waals surface area contributed by atoms with E-state index >= 15 is 8.78 Å². The molecule has 3 aliphatic heterocycles. The maximum Gasteiger partial charge on any atom is 0.276 e. The third kappa shape index (κ3) is 18.2. The van der Waals surface area contributed by atoms with E-state index in [-0.39, 0.29) is 199 Å². The van der Waals surface area contributed by atoms with E-state index in [0.717, 1.165) is 0 Å². The number of nitrogens with zero attached hydrogens (tertiary/aromatic N) is 18. The van der Waals surface area contributed by atoms with Crippen LogP contribution in [0.15, 0.2) is 107 Å². The monoisotopic (exact) mass is 2070 g/mol. The minimum Gasteiger partial charge on any atom is -0.396 e. The highest BCUT2D eigenvalue weighted by Crippen LogP contribution is 2.50. The molecule has 732 valence electrons. The Hall–Kier alpha value is -13.4. The molecule has 12 heterocycles. The zero-order valence-corrected chi connectivity index (χ0v) is 83.7. The Morgan fingerprint density at radius 3 is 0.851 bits per heavy atom. The summed E-state index contributed by atoms with van der Waals surface area (Å²) in [6, 6.07) is 13.3. The first-order valence-electron chi connectivity index (χ1n) is 43.9. The molecular weight excluding hydrogens is 1980 g/mol. The van der Waals surface area contributed by atoms with E-state index in [1.54, 1.807) is 82.1 Å². The molecule has 42 heteroatoms. The van der Waals surface area contributed by atoms with Crippen LogP contribution in [0.1, 0.15) is 151 Å². The third-order valence-electron chi connectivity index (χ3n) is 25.0. The molecule has 0 unspecified atom stereocenters. The summed E-state index contributed by atoms with van der Waals surface area (Å²) in [4.78, 5) is 119. The highest BCUT2D eigenvalue weighted by molar-refractivity contribution is 6.40. The quantitative estimate of drug-likeness (QED) is 0.0282. The molecule has 141 heavy (non-hydrogen) atoms. The second kappa shape index (κ2) is 41.0. The summed E-state index contributed by atoms with van der Waals surface area (Å²) in [6.45, 7) is 39.7. The van der Waals surface area contributed by atoms with Crippen LogP contribution >= 0.6 is 81.2 Å². The van der Waals surface area contributed by atoms with Gasteiger partial charge in [0.1, 0.15) is 66.9 Å². The molecule has 0 saturated carbocycles. The first-order chi connectivity index (χ1) is 66.5. The number of halogens is 15. The van der Waals surface area contributed by atoms with Crippen molar-refractivity contribution in [2.75, 3.05) is 71.2 Å². The van der Waals surface area contributed by atoms with Gasteiger partial charge in [-0.15, -0.1) is 0 Å². The summed E-state index contributed by atoms with van der Waals surface area (Å²) in [5, 5.41) is 27.8. The molecule has 3 aliphatic rings. The summed E-state index contributed by atoms with van der Waals surface area (Å²) in [5.74, 6) is -13.2. The Bertz CT molecular complexity index is 6860. The zero-order chi connectivity index (χ0) is 104. The van der Waals surface area contributed by atoms with Gasteiger partial charge in [0.15, 0.2) is 46.5 Å². The second-order valence-corrected chi connectivity index (χ2v) is 38.1. The number of hydrogen-bond donors (Lipinski definition) is 3. The van der Waals surface area contributed by atoms with E-state index in [0.29, 0.717) is 56.2 Å². The van der Waals surface area contributed by atoms with Crippen molar-refractivity contribution in [2.45, 2.75) is 158 Å². The Morgan fingerprint density at radius 2 is 0.617 bits per heavy atom. The average Bonchev–Trinajstić information content (AvgIpc) is 0.725. The highest BCUT2D eigenvalue weighted by Gasteiger charge is 2.42. The predicted molar refractivity (Wildman–Crippen MR) is 535 cm³/mol. The molecule has 6 atom stereocenters. The molecule has 3 aromatic carbocycles. The van der Waals surface area contributed by atoms with Gasteiger partial charge >= 0.3 is 0 Å². The molecule has 0 spiro atoms. The number of nitriles is 3. The molecule has 3 fully saturated rings. The average molecular weight is 2070 g/mol. The van der Waals surface area contributed by atoms with E-state index < -0.39 is 123 Å². The van der Waals surface area contributed by atoms with Crippen molar-refractivity contribution in [3.63, 3.8) is 0 Å². The second-order valence-electron chi connectivity index (χ2n) is 35.3. The maximum atomic E-state index is 15.4. The lowest BCUT2D eigenvalue weighted by Gasteiger charge is -2.45. The van der Waals surface area contributed by atoms with Crippen molar-refractivity contribution in [1.29, 1.82) is 15.8 Å². The van der Waals surface area contributed by atoms with Crippen molar-refractivity contribution in [2.24, 2.45) is 0 Å². The lowest BCUT2D eigenvalue weighted by atomic mass is 10.0. The Morgan fingerprint density at radius 1 is 0.383 bits per heavy atom. The fraction of sp³-hybridized carbons (Fsp3) is 0.303. The molecule has 27 nitrogen and oxygen atoms in total. The number of nitrogens with two attached hydrogens (primary N) is 3. The van der Waals surface area contributed by atoms with Crippen LogP contribution in [-0.2, 0) is 14.4 Å². The van der Waals surface area contributed by atoms with Crippen LogP contribution in [-0.4, -0.2) is 152 Å². The van der Waals surface area contributed by atoms with E-state index in [9.17, 15) is 70.9 Å². The fourth-order valence-corrected chi connectivity index (χ4v) is 20.5. The molecule has 6 N–H and O–H groups in total. The molecule has 9 aromatic heterocycles. The van der Waals surface area contributed by atoms with E-state index in [2.05, 4.69) is 62.9 Å². The number of aryl methyl sites for hydroxylation is 3. The maximum absolute atomic E-state index is 15.4. The van der Waals surface area contributed by atoms with Gasteiger partial charge in [0.05, 0.1) is 117 Å². The van der Waals surface area contributed by atoms with E-state index in [4.69, 9.17) is 103 Å². The van der Waals surface area contributed by atoms with Crippen LogP contribution in [0, 0.1) is 101 Å². The first-order valence-corrected chi connectivity index (χ1v) is 46.5. The number of anilines is 6. The third-order valence-corrected chi connectivity index (χ3v) is 27.2. The van der Waals surface area contributed by atoms with Gasteiger partial charge < -0.3 is 46.6 Å². The molecule has 0 aliphatic carbocycles. The van der Waals surface area contributed by atoms with Crippen LogP contribution in [0.3, 0.4) is 0 Å². The lowest BCUT2D eigenvalue weighted by molar-refractivity contribution is -0.131. The number of pyridine rings is 9. The number of carbonyl (C=O) groups excluding carboxylic acids is 3. The largest absolute Gasteiger partial charge is 0.396 e. The Labute approximate surface area is 838 Å². The van der Waals surface area contributed by atoms with Crippen LogP contribution in [0.5, 0.6) is 0 Å². The van der Waals surface area contributed by atoms with Gasteiger partial charge in [-0.1, -0.05) is 142 Å². The topological polar surface area (TPSA) is 363 Å². The minimum atomic E-state index is -1.69. The van der Waals surface area contributed by atoms with Crippen LogP contribution in [0.25, 0.3) is 83.9 Å². The Kier molecular flexibility index (Phi) is 30.5. The Balaban J connectivity index is 0.000000178. The summed E-state index contributed by atoms with van der Waals surface area (Å²) < 4.78 is 124. The summed E-state index contributed by atoms with van der Waals surface area (Å²) in [7, 11) is 0. The molecule has 15 rings (SSSR count). The molecule has 3 saturated heterocycles. The number of fused-ring (bicyclic) bond motifs is 3. The van der Waals surface area contributed by atoms with Gasteiger partial charge in [0.25, 0.3) is 16.7 Å². The van der Waals surface area contributed by atoms with Gasteiger partial charge in [-0.05, 0) is 151 Å². The highest BCUT2D eigenvalue weighted by atomic mass is 35.5. The van der Waals surface area contributed by atoms with Gasteiger partial charge in [-0.2, -0.15) is 15.8 Å². The van der Waals surface area contributed by atoms with Crippen LogP contribution < -0.4 is 48.6 Å². The van der Waals surface area contributed by atoms with Gasteiger partial charge in [-0.25, -0.2) is 50.1 Å². The molecular formula is C99H90Cl7F8N21O6. The van der Waals surface area contributed by atoms with Crippen molar-refractivity contribution >= 4 is 166 Å². The standard InChI is InChI=1S/C33H30Cl3F2N7O2.2C33H30Cl2F3N7O2/c1-7-21(46)44-16(5)12-43(13-17(44)6)31-18-10-20(34)29(22-23(35)25(37)24(36)26(38)27(22)40)42-32(18)45(33(47)19(31)11-39)30-15(4)8-9-41-28(30)14(2)3;2*1-7-21(46)44-16(5)12-43(13-17(44)6)31-18-10-20(34)29(22-24(36)25(37)23(35)26(38)27(22)40)42-32(18)45(33(47)19(31)11-39)30-15(4)8-9-41-28(30)14(2)3/h3*7-10,14,16-17H,1,12-13,40H2,2-6H3/t3*16-,17+. The minimum absolute atomic E-state index is 0.0116. The predicted octanol–water partition coefficient (Wildman–Crippen LogP) is 20.5. The summed E-state index contributed by atoms with van der Waals surface area (Å²) in [5.41, 5.74) is 14.5. The van der Waals surface area contributed by atoms with Crippen LogP contribution in [0.4, 0.5) is 69.2 Å². The van der Waals surface area contributed by atoms with E-state index in [1.165, 1.54) is 50.1 Å². The van der Waals surface area contributed by atoms with Crippen molar-refractivity contribution in [3.8, 4) is 69.0 Å². The van der Waals surface area contributed by atoms with Crippen LogP contribution in [0.2, 0.25) is 35.2 Å². The summed E-state index contributed by atoms with van der Waals surface area (Å²) in [6.07, 6.45) is 8.47. The first kappa shape index (κ1) is 105. The van der Waals surface area contributed by atoms with Gasteiger partial charge in [0.2, 0.25) is 17.7 Å². The van der Waals surface area contributed by atoms with Gasteiger partial charge in [0, 0.05) is 116 Å². The van der Waals surface area contributed by atoms with E-state index in [1.807, 2.05) is 88.0 Å². The number of hydrogen-bond acceptors (Lipinski definition) is 21. The zero-order valence-electron chi connectivity index (χ0n) is 78.4. The number of rotatable bonds is 15. The van der Waals surface area contributed by atoms with Crippen molar-refractivity contribution < 1.29 is 49.5 Å². The number of aromatic nitrogens is 9. The number of nitrogen functional groups attached to an aromatic ring is 3. The molecule has 3 amide bonds. The van der Waals surface area contributed by atoms with Crippen molar-refractivity contribution in [1.82, 2.24) is 58.3 Å². The molecule has 0 radical (unpaired) electrons. The number of piperazine rings is 3. The number of amides is 3. The normalized spacial score (nSPS) is 16.6. The van der Waals surface area contributed by atoms with Gasteiger partial charge in [-0.3, -0.25) is 57.4 Å². The molecule has 12 aromatic rings. The molecule has 0 bridgehead atoms.